The molecule has 2 aliphatic rings. The van der Waals surface area contributed by atoms with Crippen LogP contribution in [0.5, 0.6) is 5.75 Å². The predicted molar refractivity (Wildman–Crippen MR) is 132 cm³/mol. The molecule has 2 aromatic carbocycles. The van der Waals surface area contributed by atoms with Crippen LogP contribution in [0, 0.1) is 0 Å². The number of hydrogen-bond acceptors (Lipinski definition) is 5. The maximum atomic E-state index is 13.2. The molecule has 0 spiro atoms. The number of methoxy groups -OCH3 is 1. The Morgan fingerprint density at radius 2 is 1.85 bits per heavy atom. The van der Waals surface area contributed by atoms with Crippen molar-refractivity contribution in [2.75, 3.05) is 26.7 Å². The first-order valence-electron chi connectivity index (χ1n) is 12.3. The van der Waals surface area contributed by atoms with Crippen molar-refractivity contribution in [3.05, 3.63) is 69.8 Å². The second kappa shape index (κ2) is 9.97. The largest absolute Gasteiger partial charge is 0.496 e. The highest BCUT2D eigenvalue weighted by molar-refractivity contribution is 5.97. The molecule has 0 aliphatic carbocycles. The summed E-state index contributed by atoms with van der Waals surface area (Å²) in [5.74, 6) is 1.51. The maximum absolute atomic E-state index is 13.2. The van der Waals surface area contributed by atoms with E-state index in [9.17, 15) is 9.59 Å². The summed E-state index contributed by atoms with van der Waals surface area (Å²) in [6.45, 7) is 3.22. The summed E-state index contributed by atoms with van der Waals surface area (Å²) in [4.78, 5) is 33.3. The van der Waals surface area contributed by atoms with Crippen LogP contribution < -0.4 is 15.6 Å². The topological polar surface area (TPSA) is 76.5 Å². The number of benzene rings is 2. The molecule has 7 nitrogen and oxygen atoms in total. The Hall–Kier alpha value is -3.19. The van der Waals surface area contributed by atoms with E-state index in [-0.39, 0.29) is 17.5 Å². The molecular weight excluding hydrogens is 428 g/mol. The standard InChI is InChI=1S/C27H32N4O3/c1-34-24-10-5-4-9-21(24)23(30-14-7-8-15-30)18-28-26(32)19-12-13-20-22(17-19)29-25-11-3-2-6-16-31(25)27(20)33/h4-5,9-10,12-13,17,23H,2-3,6-8,11,14-16,18H2,1H3,(H,28,32)/t23-/m0/s1. The van der Waals surface area contributed by atoms with Gasteiger partial charge in [0.1, 0.15) is 11.6 Å². The van der Waals surface area contributed by atoms with Crippen LogP contribution in [0.1, 0.15) is 59.9 Å². The third-order valence-corrected chi connectivity index (χ3v) is 7.11. The molecule has 2 aliphatic heterocycles. The zero-order valence-electron chi connectivity index (χ0n) is 19.8. The number of ether oxygens (including phenoxy) is 1. The first-order valence-corrected chi connectivity index (χ1v) is 12.3. The van der Waals surface area contributed by atoms with Crippen LogP contribution in [0.3, 0.4) is 0 Å². The number of carbonyl (C=O) groups excluding carboxylic acids is 1. The van der Waals surface area contributed by atoms with E-state index in [1.165, 1.54) is 0 Å². The van der Waals surface area contributed by atoms with Crippen molar-refractivity contribution >= 4 is 16.8 Å². The normalized spacial score (nSPS) is 17.2. The van der Waals surface area contributed by atoms with Crippen LogP contribution in [-0.4, -0.2) is 47.1 Å². The molecule has 0 radical (unpaired) electrons. The molecule has 1 atom stereocenters. The van der Waals surface area contributed by atoms with E-state index in [4.69, 9.17) is 9.72 Å². The minimum absolute atomic E-state index is 0.000807. The average molecular weight is 461 g/mol. The summed E-state index contributed by atoms with van der Waals surface area (Å²) in [5, 5.41) is 3.71. The first-order chi connectivity index (χ1) is 16.7. The van der Waals surface area contributed by atoms with Crippen molar-refractivity contribution in [2.24, 2.45) is 0 Å². The molecule has 34 heavy (non-hydrogen) atoms. The van der Waals surface area contributed by atoms with Crippen LogP contribution in [0.15, 0.2) is 47.3 Å². The molecule has 3 heterocycles. The molecular formula is C27H32N4O3. The Morgan fingerprint density at radius 1 is 1.06 bits per heavy atom. The molecule has 1 saturated heterocycles. The Labute approximate surface area is 199 Å². The first kappa shape index (κ1) is 22.6. The number of nitrogens with zero attached hydrogens (tertiary/aromatic N) is 3. The number of hydrogen-bond donors (Lipinski definition) is 1. The predicted octanol–water partition coefficient (Wildman–Crippen LogP) is 3.70. The van der Waals surface area contributed by atoms with Crippen molar-refractivity contribution < 1.29 is 9.53 Å². The van der Waals surface area contributed by atoms with Gasteiger partial charge in [-0.15, -0.1) is 0 Å². The third-order valence-electron chi connectivity index (χ3n) is 7.11. The number of carbonyl (C=O) groups is 1. The number of amides is 1. The fraction of sp³-hybridized carbons (Fsp3) is 0.444. The number of aromatic nitrogens is 2. The van der Waals surface area contributed by atoms with Crippen LogP contribution >= 0.6 is 0 Å². The lowest BCUT2D eigenvalue weighted by atomic mass is 10.0. The fourth-order valence-electron chi connectivity index (χ4n) is 5.28. The molecule has 178 valence electrons. The molecule has 1 fully saturated rings. The van der Waals surface area contributed by atoms with Gasteiger partial charge in [0.2, 0.25) is 0 Å². The highest BCUT2D eigenvalue weighted by Crippen LogP contribution is 2.31. The highest BCUT2D eigenvalue weighted by atomic mass is 16.5. The van der Waals surface area contributed by atoms with E-state index in [0.29, 0.717) is 23.0 Å². The monoisotopic (exact) mass is 460 g/mol. The zero-order chi connectivity index (χ0) is 23.5. The van der Waals surface area contributed by atoms with Gasteiger partial charge < -0.3 is 10.1 Å². The van der Waals surface area contributed by atoms with E-state index < -0.39 is 0 Å². The number of para-hydroxylation sites is 1. The number of aryl methyl sites for hydroxylation is 1. The summed E-state index contributed by atoms with van der Waals surface area (Å²) in [7, 11) is 1.68. The van der Waals surface area contributed by atoms with Gasteiger partial charge in [-0.2, -0.15) is 0 Å². The number of rotatable bonds is 6. The zero-order valence-corrected chi connectivity index (χ0v) is 19.8. The molecule has 1 N–H and O–H groups in total. The summed E-state index contributed by atoms with van der Waals surface area (Å²) in [6.07, 6.45) is 6.28. The van der Waals surface area contributed by atoms with Gasteiger partial charge in [0, 0.05) is 30.6 Å². The van der Waals surface area contributed by atoms with Crippen molar-refractivity contribution in [3.8, 4) is 5.75 Å². The lowest BCUT2D eigenvalue weighted by molar-refractivity contribution is 0.0937. The summed E-state index contributed by atoms with van der Waals surface area (Å²) >= 11 is 0. The van der Waals surface area contributed by atoms with Crippen LogP contribution in [-0.2, 0) is 13.0 Å². The molecule has 1 amide bonds. The van der Waals surface area contributed by atoms with Gasteiger partial charge in [0.05, 0.1) is 24.1 Å². The molecule has 7 heteroatoms. The van der Waals surface area contributed by atoms with E-state index >= 15 is 0 Å². The molecule has 1 aromatic heterocycles. The van der Waals surface area contributed by atoms with E-state index in [1.807, 2.05) is 22.8 Å². The number of likely N-dealkylation sites (tertiary alicyclic amines) is 1. The molecule has 0 saturated carbocycles. The van der Waals surface area contributed by atoms with Crippen LogP contribution in [0.25, 0.3) is 10.9 Å². The summed E-state index contributed by atoms with van der Waals surface area (Å²) in [6, 6.07) is 13.3. The lowest BCUT2D eigenvalue weighted by Crippen LogP contribution is -2.37. The van der Waals surface area contributed by atoms with Crippen molar-refractivity contribution in [2.45, 2.75) is 51.1 Å². The van der Waals surface area contributed by atoms with Crippen molar-refractivity contribution in [1.82, 2.24) is 19.8 Å². The maximum Gasteiger partial charge on any atom is 0.261 e. The summed E-state index contributed by atoms with van der Waals surface area (Å²) < 4.78 is 7.42. The molecule has 5 rings (SSSR count). The second-order valence-corrected chi connectivity index (χ2v) is 9.24. The molecule has 0 bridgehead atoms. The Balaban J connectivity index is 1.39. The van der Waals surface area contributed by atoms with E-state index in [1.54, 1.807) is 25.3 Å². The van der Waals surface area contributed by atoms with Gasteiger partial charge in [-0.1, -0.05) is 24.6 Å². The molecule has 3 aromatic rings. The van der Waals surface area contributed by atoms with Crippen molar-refractivity contribution in [3.63, 3.8) is 0 Å². The summed E-state index contributed by atoms with van der Waals surface area (Å²) in [5.41, 5.74) is 2.21. The Morgan fingerprint density at radius 3 is 2.68 bits per heavy atom. The quantitative estimate of drug-likeness (QED) is 0.607. The van der Waals surface area contributed by atoms with Gasteiger partial charge in [-0.25, -0.2) is 4.98 Å². The van der Waals surface area contributed by atoms with E-state index in [2.05, 4.69) is 16.3 Å². The SMILES string of the molecule is COc1ccccc1[C@H](CNC(=O)c1ccc2c(=O)n3c(nc2c1)CCCCC3)N1CCCC1. The fourth-order valence-corrected chi connectivity index (χ4v) is 5.28. The highest BCUT2D eigenvalue weighted by Gasteiger charge is 2.26. The van der Waals surface area contributed by atoms with Gasteiger partial charge in [-0.3, -0.25) is 19.1 Å². The number of fused-ring (bicyclic) bond motifs is 2. The van der Waals surface area contributed by atoms with Gasteiger partial charge >= 0.3 is 0 Å². The third kappa shape index (κ3) is 4.44. The Kier molecular flexibility index (Phi) is 6.63. The smallest absolute Gasteiger partial charge is 0.261 e. The van der Waals surface area contributed by atoms with Crippen molar-refractivity contribution in [1.29, 1.82) is 0 Å². The van der Waals surface area contributed by atoms with Crippen LogP contribution in [0.4, 0.5) is 0 Å². The van der Waals surface area contributed by atoms with E-state index in [0.717, 1.165) is 75.3 Å². The lowest BCUT2D eigenvalue weighted by Gasteiger charge is -2.29. The van der Waals surface area contributed by atoms with Gasteiger partial charge in [0.15, 0.2) is 0 Å². The number of nitrogens with one attached hydrogen (secondary N) is 1. The average Bonchev–Trinajstić information content (AvgIpc) is 3.29. The van der Waals surface area contributed by atoms with Gasteiger partial charge in [0.25, 0.3) is 11.5 Å². The van der Waals surface area contributed by atoms with Gasteiger partial charge in [-0.05, 0) is 63.0 Å². The Bertz CT molecular complexity index is 1250. The minimum atomic E-state index is -0.155. The molecule has 0 unspecified atom stereocenters. The second-order valence-electron chi connectivity index (χ2n) is 9.24. The van der Waals surface area contributed by atoms with Crippen LogP contribution in [0.2, 0.25) is 0 Å². The minimum Gasteiger partial charge on any atom is -0.496 e.